The number of carbonyl (C=O) groups is 2. The molecule has 0 bridgehead atoms. The first-order valence-electron chi connectivity index (χ1n) is 8.75. The van der Waals surface area contributed by atoms with E-state index in [0.717, 1.165) is 5.56 Å². The molecule has 0 saturated carbocycles. The Morgan fingerprint density at radius 2 is 1.85 bits per heavy atom. The summed E-state index contributed by atoms with van der Waals surface area (Å²) in [6.45, 7) is 2.89. The fourth-order valence-electron chi connectivity index (χ4n) is 2.72. The third kappa shape index (κ3) is 7.03. The highest BCUT2D eigenvalue weighted by atomic mass is 32.2. The van der Waals surface area contributed by atoms with Crippen LogP contribution in [0.3, 0.4) is 0 Å². The first-order chi connectivity index (χ1) is 12.8. The van der Waals surface area contributed by atoms with Gasteiger partial charge in [-0.05, 0) is 43.5 Å². The van der Waals surface area contributed by atoms with Crippen molar-refractivity contribution in [2.75, 3.05) is 31.3 Å². The van der Waals surface area contributed by atoms with Gasteiger partial charge in [0.25, 0.3) is 0 Å². The lowest BCUT2D eigenvalue weighted by Crippen LogP contribution is -2.47. The Morgan fingerprint density at radius 3 is 2.41 bits per heavy atom. The van der Waals surface area contributed by atoms with Crippen molar-refractivity contribution in [1.29, 1.82) is 0 Å². The Morgan fingerprint density at radius 1 is 1.22 bits per heavy atom. The molecule has 1 heterocycles. The Hall–Kier alpha value is -2.39. The SMILES string of the molecule is CCOC(=O)C=Cc1ccc(NC(=O)NC2CCN(S(C)(=O)=O)CC2)cc1. The number of rotatable bonds is 6. The van der Waals surface area contributed by atoms with Crippen LogP contribution < -0.4 is 10.6 Å². The van der Waals surface area contributed by atoms with E-state index in [1.165, 1.54) is 16.6 Å². The fraction of sp³-hybridized carbons (Fsp3) is 0.444. The van der Waals surface area contributed by atoms with Gasteiger partial charge >= 0.3 is 12.0 Å². The predicted molar refractivity (Wildman–Crippen MR) is 104 cm³/mol. The van der Waals surface area contributed by atoms with Crippen LogP contribution in [0.2, 0.25) is 0 Å². The average Bonchev–Trinajstić information content (AvgIpc) is 2.61. The van der Waals surface area contributed by atoms with Gasteiger partial charge < -0.3 is 15.4 Å². The monoisotopic (exact) mass is 395 g/mol. The summed E-state index contributed by atoms with van der Waals surface area (Å²) in [5.41, 5.74) is 1.43. The topological polar surface area (TPSA) is 105 Å². The molecule has 1 aliphatic rings. The minimum absolute atomic E-state index is 0.0604. The van der Waals surface area contributed by atoms with Gasteiger partial charge in [0.2, 0.25) is 10.0 Å². The van der Waals surface area contributed by atoms with Crippen LogP contribution >= 0.6 is 0 Å². The quantitative estimate of drug-likeness (QED) is 0.565. The number of hydrogen-bond donors (Lipinski definition) is 2. The summed E-state index contributed by atoms with van der Waals surface area (Å²) in [5, 5.41) is 5.61. The highest BCUT2D eigenvalue weighted by Crippen LogP contribution is 2.14. The maximum Gasteiger partial charge on any atom is 0.330 e. The van der Waals surface area contributed by atoms with Crippen molar-refractivity contribution in [1.82, 2.24) is 9.62 Å². The molecule has 1 fully saturated rings. The molecule has 148 valence electrons. The summed E-state index contributed by atoms with van der Waals surface area (Å²) >= 11 is 0. The Balaban J connectivity index is 1.80. The molecule has 0 spiro atoms. The van der Waals surface area contributed by atoms with E-state index in [-0.39, 0.29) is 12.1 Å². The van der Waals surface area contributed by atoms with E-state index in [1.807, 2.05) is 0 Å². The average molecular weight is 395 g/mol. The summed E-state index contributed by atoms with van der Waals surface area (Å²) in [7, 11) is -3.17. The maximum absolute atomic E-state index is 12.1. The molecule has 0 unspecified atom stereocenters. The van der Waals surface area contributed by atoms with Crippen molar-refractivity contribution in [3.05, 3.63) is 35.9 Å². The molecular formula is C18H25N3O5S. The molecule has 1 aromatic rings. The lowest BCUT2D eigenvalue weighted by molar-refractivity contribution is -0.137. The van der Waals surface area contributed by atoms with Crippen LogP contribution in [-0.4, -0.2) is 56.7 Å². The lowest BCUT2D eigenvalue weighted by atomic mass is 10.1. The molecule has 1 aliphatic heterocycles. The first kappa shape index (κ1) is 20.9. The molecule has 0 atom stereocenters. The summed E-state index contributed by atoms with van der Waals surface area (Å²) in [6.07, 6.45) is 5.34. The second kappa shape index (κ2) is 9.52. The largest absolute Gasteiger partial charge is 0.463 e. The van der Waals surface area contributed by atoms with Crippen LogP contribution in [0.15, 0.2) is 30.3 Å². The molecule has 2 amide bonds. The number of anilines is 1. The highest BCUT2D eigenvalue weighted by Gasteiger charge is 2.25. The molecule has 0 aliphatic carbocycles. The number of esters is 1. The van der Waals surface area contributed by atoms with Gasteiger partial charge in [-0.2, -0.15) is 0 Å². The third-order valence-corrected chi connectivity index (χ3v) is 5.43. The summed E-state index contributed by atoms with van der Waals surface area (Å²) in [5.74, 6) is -0.402. The molecule has 9 heteroatoms. The van der Waals surface area contributed by atoms with Crippen LogP contribution in [0.25, 0.3) is 6.08 Å². The van der Waals surface area contributed by atoms with Crippen molar-refractivity contribution in [3.63, 3.8) is 0 Å². The van der Waals surface area contributed by atoms with Crippen LogP contribution in [0.5, 0.6) is 0 Å². The van der Waals surface area contributed by atoms with Gasteiger partial charge in [0.1, 0.15) is 0 Å². The van der Waals surface area contributed by atoms with Crippen molar-refractivity contribution in [2.24, 2.45) is 0 Å². The van der Waals surface area contributed by atoms with E-state index in [1.54, 1.807) is 37.3 Å². The first-order valence-corrected chi connectivity index (χ1v) is 10.6. The number of nitrogens with one attached hydrogen (secondary N) is 2. The van der Waals surface area contributed by atoms with Gasteiger partial charge in [0.05, 0.1) is 12.9 Å². The summed E-state index contributed by atoms with van der Waals surface area (Å²) in [4.78, 5) is 23.4. The van der Waals surface area contributed by atoms with Gasteiger partial charge in [-0.25, -0.2) is 22.3 Å². The highest BCUT2D eigenvalue weighted by molar-refractivity contribution is 7.88. The second-order valence-electron chi connectivity index (χ2n) is 6.24. The maximum atomic E-state index is 12.1. The Kier molecular flexibility index (Phi) is 7.37. The normalized spacial score (nSPS) is 16.2. The summed E-state index contributed by atoms with van der Waals surface area (Å²) in [6, 6.07) is 6.62. The van der Waals surface area contributed by atoms with Crippen LogP contribution in [0.4, 0.5) is 10.5 Å². The van der Waals surface area contributed by atoms with Crippen molar-refractivity contribution >= 4 is 33.8 Å². The Bertz CT molecular complexity index is 782. The number of hydrogen-bond acceptors (Lipinski definition) is 5. The van der Waals surface area contributed by atoms with E-state index >= 15 is 0 Å². The zero-order valence-electron chi connectivity index (χ0n) is 15.5. The number of amides is 2. The molecule has 1 aromatic carbocycles. The molecule has 2 N–H and O–H groups in total. The smallest absolute Gasteiger partial charge is 0.330 e. The molecule has 27 heavy (non-hydrogen) atoms. The van der Waals surface area contributed by atoms with E-state index in [2.05, 4.69) is 10.6 Å². The molecule has 2 rings (SSSR count). The minimum Gasteiger partial charge on any atom is -0.463 e. The number of sulfonamides is 1. The van der Waals surface area contributed by atoms with Crippen molar-refractivity contribution < 1.29 is 22.7 Å². The molecule has 1 saturated heterocycles. The number of urea groups is 1. The Labute approximate surface area is 159 Å². The van der Waals surface area contributed by atoms with E-state index in [0.29, 0.717) is 38.2 Å². The molecule has 0 aromatic heterocycles. The number of piperidine rings is 1. The van der Waals surface area contributed by atoms with E-state index in [4.69, 9.17) is 4.74 Å². The van der Waals surface area contributed by atoms with Gasteiger partial charge in [0.15, 0.2) is 0 Å². The molecule has 8 nitrogen and oxygen atoms in total. The van der Waals surface area contributed by atoms with Crippen LogP contribution in [-0.2, 0) is 19.6 Å². The van der Waals surface area contributed by atoms with E-state index < -0.39 is 16.0 Å². The molecular weight excluding hydrogens is 370 g/mol. The number of ether oxygens (including phenoxy) is 1. The predicted octanol–water partition coefficient (Wildman–Crippen LogP) is 1.81. The number of benzene rings is 1. The minimum atomic E-state index is -3.17. The van der Waals surface area contributed by atoms with Gasteiger partial charge in [-0.15, -0.1) is 0 Å². The standard InChI is InChI=1S/C18H25N3O5S/c1-3-26-17(22)9-6-14-4-7-15(8-5-14)19-18(23)20-16-10-12-21(13-11-16)27(2,24)25/h4-9,16H,3,10-13H2,1-2H3,(H2,19,20,23). The fourth-order valence-corrected chi connectivity index (χ4v) is 3.59. The van der Waals surface area contributed by atoms with Crippen LogP contribution in [0, 0.1) is 0 Å². The van der Waals surface area contributed by atoms with Crippen LogP contribution in [0.1, 0.15) is 25.3 Å². The third-order valence-electron chi connectivity index (χ3n) is 4.13. The second-order valence-corrected chi connectivity index (χ2v) is 8.22. The molecule has 0 radical (unpaired) electrons. The lowest BCUT2D eigenvalue weighted by Gasteiger charge is -2.30. The summed E-state index contributed by atoms with van der Waals surface area (Å²) < 4.78 is 29.2. The van der Waals surface area contributed by atoms with E-state index in [9.17, 15) is 18.0 Å². The van der Waals surface area contributed by atoms with Crippen molar-refractivity contribution in [3.8, 4) is 0 Å². The van der Waals surface area contributed by atoms with Crippen molar-refractivity contribution in [2.45, 2.75) is 25.8 Å². The zero-order chi connectivity index (χ0) is 19.9. The van der Waals surface area contributed by atoms with Gasteiger partial charge in [-0.3, -0.25) is 0 Å². The number of carbonyl (C=O) groups excluding carboxylic acids is 2. The zero-order valence-corrected chi connectivity index (χ0v) is 16.3. The number of nitrogens with zero attached hydrogens (tertiary/aromatic N) is 1. The van der Waals surface area contributed by atoms with Gasteiger partial charge in [-0.1, -0.05) is 12.1 Å². The van der Waals surface area contributed by atoms with Gasteiger partial charge in [0, 0.05) is 30.9 Å².